The zero-order chi connectivity index (χ0) is 15.0. The summed E-state index contributed by atoms with van der Waals surface area (Å²) >= 11 is 0. The van der Waals surface area contributed by atoms with Gasteiger partial charge < -0.3 is 9.84 Å². The molecule has 1 aliphatic carbocycles. The van der Waals surface area contributed by atoms with Crippen LogP contribution in [0.3, 0.4) is 0 Å². The lowest BCUT2D eigenvalue weighted by Gasteiger charge is -2.23. The normalized spacial score (nSPS) is 21.4. The first-order valence-electron chi connectivity index (χ1n) is 6.98. The van der Waals surface area contributed by atoms with Crippen LogP contribution in [0.1, 0.15) is 24.8 Å². The molecule has 1 fully saturated rings. The van der Waals surface area contributed by atoms with Crippen LogP contribution in [0, 0.1) is 5.92 Å². The molecule has 114 valence electrons. The van der Waals surface area contributed by atoms with E-state index in [0.717, 1.165) is 18.4 Å². The Morgan fingerprint density at radius 1 is 1.33 bits per heavy atom. The number of aliphatic carboxylic acids is 1. The van der Waals surface area contributed by atoms with E-state index in [0.29, 0.717) is 31.1 Å². The third-order valence-corrected chi connectivity index (χ3v) is 5.24. The Labute approximate surface area is 123 Å². The molecule has 7 heteroatoms. The Kier molecular flexibility index (Phi) is 3.62. The van der Waals surface area contributed by atoms with Gasteiger partial charge in [0, 0.05) is 6.54 Å². The number of ether oxygens (including phenoxy) is 1. The van der Waals surface area contributed by atoms with Crippen LogP contribution in [0.4, 0.5) is 0 Å². The highest BCUT2D eigenvalue weighted by molar-refractivity contribution is 7.89. The zero-order valence-electron chi connectivity index (χ0n) is 11.4. The van der Waals surface area contributed by atoms with Gasteiger partial charge in [-0.1, -0.05) is 0 Å². The van der Waals surface area contributed by atoms with Crippen LogP contribution in [-0.4, -0.2) is 32.1 Å². The second-order valence-electron chi connectivity index (χ2n) is 5.55. The second kappa shape index (κ2) is 5.31. The summed E-state index contributed by atoms with van der Waals surface area (Å²) in [5.74, 6) is -0.0738. The Balaban J connectivity index is 1.78. The number of hydrogen-bond donors (Lipinski definition) is 2. The summed E-state index contributed by atoms with van der Waals surface area (Å²) in [6, 6.07) is 4.57. The number of carbonyl (C=O) groups is 1. The number of carboxylic acids is 1. The molecule has 6 nitrogen and oxygen atoms in total. The molecule has 1 aromatic rings. The predicted molar refractivity (Wildman–Crippen MR) is 74.7 cm³/mol. The molecule has 1 saturated carbocycles. The number of sulfonamides is 1. The van der Waals surface area contributed by atoms with Crippen LogP contribution in [-0.2, 0) is 21.2 Å². The number of hydrogen-bond acceptors (Lipinski definition) is 4. The molecule has 1 atom stereocenters. The molecule has 1 aromatic carbocycles. The maximum Gasteiger partial charge on any atom is 0.344 e. The molecule has 2 aliphatic rings. The highest BCUT2D eigenvalue weighted by Gasteiger charge is 2.28. The predicted octanol–water partition coefficient (Wildman–Crippen LogP) is 1.15. The van der Waals surface area contributed by atoms with E-state index in [4.69, 9.17) is 9.84 Å². The Morgan fingerprint density at radius 3 is 2.76 bits per heavy atom. The molecule has 2 N–H and O–H groups in total. The SMILES string of the molecule is O=C(O)[C@H]1CCc2cc(S(=O)(=O)NCC3CC3)ccc2O1. The smallest absolute Gasteiger partial charge is 0.344 e. The van der Waals surface area contributed by atoms with Crippen molar-refractivity contribution >= 4 is 16.0 Å². The van der Waals surface area contributed by atoms with E-state index in [1.807, 2.05) is 0 Å². The van der Waals surface area contributed by atoms with Gasteiger partial charge in [0.05, 0.1) is 4.90 Å². The summed E-state index contributed by atoms with van der Waals surface area (Å²) in [4.78, 5) is 11.1. The first kappa shape index (κ1) is 14.3. The molecule has 21 heavy (non-hydrogen) atoms. The fourth-order valence-corrected chi connectivity index (χ4v) is 3.51. The van der Waals surface area contributed by atoms with E-state index in [2.05, 4.69) is 4.72 Å². The molecule has 0 saturated heterocycles. The number of nitrogens with one attached hydrogen (secondary N) is 1. The number of rotatable bonds is 5. The van der Waals surface area contributed by atoms with Crippen LogP contribution in [0.15, 0.2) is 23.1 Å². The molecule has 0 radical (unpaired) electrons. The van der Waals surface area contributed by atoms with Gasteiger partial charge in [0.15, 0.2) is 6.10 Å². The molecule has 0 unspecified atom stereocenters. The van der Waals surface area contributed by atoms with Crippen LogP contribution >= 0.6 is 0 Å². The number of benzene rings is 1. The largest absolute Gasteiger partial charge is 0.479 e. The van der Waals surface area contributed by atoms with Crippen molar-refractivity contribution in [3.8, 4) is 5.75 Å². The lowest BCUT2D eigenvalue weighted by molar-refractivity contribution is -0.145. The average molecular weight is 311 g/mol. The highest BCUT2D eigenvalue weighted by atomic mass is 32.2. The van der Waals surface area contributed by atoms with E-state index in [1.165, 1.54) is 12.1 Å². The van der Waals surface area contributed by atoms with Gasteiger partial charge in [-0.15, -0.1) is 0 Å². The molecule has 3 rings (SSSR count). The first-order chi connectivity index (χ1) is 9.95. The Bertz CT molecular complexity index is 666. The van der Waals surface area contributed by atoms with Crippen molar-refractivity contribution in [2.45, 2.75) is 36.7 Å². The summed E-state index contributed by atoms with van der Waals surface area (Å²) in [5.41, 5.74) is 0.738. The third-order valence-electron chi connectivity index (χ3n) is 3.82. The number of aryl methyl sites for hydroxylation is 1. The molecule has 0 spiro atoms. The van der Waals surface area contributed by atoms with Crippen molar-refractivity contribution in [2.75, 3.05) is 6.54 Å². The lowest BCUT2D eigenvalue weighted by atomic mass is 10.0. The van der Waals surface area contributed by atoms with Gasteiger partial charge in [-0.3, -0.25) is 0 Å². The molecule has 0 amide bonds. The second-order valence-corrected chi connectivity index (χ2v) is 7.32. The van der Waals surface area contributed by atoms with Crippen molar-refractivity contribution < 1.29 is 23.1 Å². The van der Waals surface area contributed by atoms with E-state index in [-0.39, 0.29) is 4.90 Å². The fourth-order valence-electron chi connectivity index (χ4n) is 2.34. The first-order valence-corrected chi connectivity index (χ1v) is 8.46. The monoisotopic (exact) mass is 311 g/mol. The quantitative estimate of drug-likeness (QED) is 0.851. The average Bonchev–Trinajstić information content (AvgIpc) is 3.28. The minimum Gasteiger partial charge on any atom is -0.479 e. The van der Waals surface area contributed by atoms with Crippen molar-refractivity contribution in [3.05, 3.63) is 23.8 Å². The summed E-state index contributed by atoms with van der Waals surface area (Å²) in [5, 5.41) is 8.94. The maximum atomic E-state index is 12.2. The van der Waals surface area contributed by atoms with Crippen LogP contribution in [0.2, 0.25) is 0 Å². The summed E-state index contributed by atoms with van der Waals surface area (Å²) in [7, 11) is -3.50. The highest BCUT2D eigenvalue weighted by Crippen LogP contribution is 2.31. The Morgan fingerprint density at radius 2 is 2.10 bits per heavy atom. The van der Waals surface area contributed by atoms with E-state index in [9.17, 15) is 13.2 Å². The van der Waals surface area contributed by atoms with Crippen LogP contribution in [0.5, 0.6) is 5.75 Å². The van der Waals surface area contributed by atoms with Gasteiger partial charge in [-0.2, -0.15) is 0 Å². The molecule has 1 aliphatic heterocycles. The van der Waals surface area contributed by atoms with Gasteiger partial charge in [-0.25, -0.2) is 17.9 Å². The standard InChI is InChI=1S/C14H17NO5S/c16-14(17)13-5-3-10-7-11(4-6-12(10)20-13)21(18,19)15-8-9-1-2-9/h4,6-7,9,13,15H,1-3,5,8H2,(H,16,17)/t13-/m1/s1. The summed E-state index contributed by atoms with van der Waals surface area (Å²) in [6.45, 7) is 0.483. The van der Waals surface area contributed by atoms with Crippen molar-refractivity contribution in [1.29, 1.82) is 0 Å². The van der Waals surface area contributed by atoms with Gasteiger partial charge >= 0.3 is 5.97 Å². The van der Waals surface area contributed by atoms with Crippen molar-refractivity contribution in [2.24, 2.45) is 5.92 Å². The fraction of sp³-hybridized carbons (Fsp3) is 0.500. The van der Waals surface area contributed by atoms with Crippen molar-refractivity contribution in [1.82, 2.24) is 4.72 Å². The van der Waals surface area contributed by atoms with Crippen molar-refractivity contribution in [3.63, 3.8) is 0 Å². The summed E-state index contributed by atoms with van der Waals surface area (Å²) in [6.07, 6.45) is 2.15. The van der Waals surface area contributed by atoms with E-state index in [1.54, 1.807) is 6.07 Å². The molecular weight excluding hydrogens is 294 g/mol. The van der Waals surface area contributed by atoms with E-state index < -0.39 is 22.1 Å². The molecule has 1 heterocycles. The van der Waals surface area contributed by atoms with Crippen LogP contribution in [0.25, 0.3) is 0 Å². The van der Waals surface area contributed by atoms with Gasteiger partial charge in [-0.05, 0) is 55.4 Å². The minimum atomic E-state index is -3.50. The number of carboxylic acid groups (broad SMARTS) is 1. The minimum absolute atomic E-state index is 0.208. The van der Waals surface area contributed by atoms with E-state index >= 15 is 0 Å². The maximum absolute atomic E-state index is 12.2. The zero-order valence-corrected chi connectivity index (χ0v) is 12.2. The summed E-state index contributed by atoms with van der Waals surface area (Å²) < 4.78 is 32.3. The molecule has 0 bridgehead atoms. The van der Waals surface area contributed by atoms with Crippen LogP contribution < -0.4 is 9.46 Å². The number of fused-ring (bicyclic) bond motifs is 1. The lowest BCUT2D eigenvalue weighted by Crippen LogP contribution is -2.31. The van der Waals surface area contributed by atoms with Gasteiger partial charge in [0.1, 0.15) is 5.75 Å². The topological polar surface area (TPSA) is 92.7 Å². The Hall–Kier alpha value is -1.60. The molecule has 0 aromatic heterocycles. The van der Waals surface area contributed by atoms with Gasteiger partial charge in [0.25, 0.3) is 0 Å². The third kappa shape index (κ3) is 3.19. The molecular formula is C14H17NO5S. The van der Waals surface area contributed by atoms with Gasteiger partial charge in [0.2, 0.25) is 10.0 Å².